The molecular weight excluding hydrogens is 372 g/mol. The van der Waals surface area contributed by atoms with Gasteiger partial charge in [-0.3, -0.25) is 9.25 Å². The van der Waals surface area contributed by atoms with Crippen LogP contribution in [-0.2, 0) is 7.05 Å². The number of pyridine rings is 2. The van der Waals surface area contributed by atoms with E-state index < -0.39 is 6.61 Å². The number of fused-ring (bicyclic) bond motifs is 1. The lowest BCUT2D eigenvalue weighted by Crippen LogP contribution is -2.04. The van der Waals surface area contributed by atoms with E-state index in [1.54, 1.807) is 42.3 Å². The molecule has 0 aromatic carbocycles. The number of aryl methyl sites for hydroxylation is 1. The summed E-state index contributed by atoms with van der Waals surface area (Å²) in [6.45, 7) is -3.01. The average molecular weight is 387 g/mol. The van der Waals surface area contributed by atoms with Crippen molar-refractivity contribution in [2.75, 3.05) is 7.11 Å². The van der Waals surface area contributed by atoms with Crippen molar-refractivity contribution < 1.29 is 23.4 Å². The monoisotopic (exact) mass is 387 g/mol. The van der Waals surface area contributed by atoms with Gasteiger partial charge in [0.25, 0.3) is 5.88 Å². The number of aromatic hydroxyl groups is 1. The summed E-state index contributed by atoms with van der Waals surface area (Å²) in [6, 6.07) is 6.47. The molecule has 144 valence electrons. The normalized spacial score (nSPS) is 11.3. The fourth-order valence-electron chi connectivity index (χ4n) is 2.85. The Morgan fingerprint density at radius 2 is 2.04 bits per heavy atom. The zero-order chi connectivity index (χ0) is 19.8. The minimum atomic E-state index is -3.01. The molecule has 0 amide bonds. The maximum Gasteiger partial charge on any atom is 0.387 e. The number of ether oxygens (including phenoxy) is 2. The molecule has 4 aromatic rings. The van der Waals surface area contributed by atoms with Gasteiger partial charge < -0.3 is 14.6 Å². The van der Waals surface area contributed by atoms with Crippen molar-refractivity contribution in [2.24, 2.45) is 7.05 Å². The predicted octanol–water partition coefficient (Wildman–Crippen LogP) is 3.14. The fraction of sp³-hybridized carbons (Fsp3) is 0.167. The maximum atomic E-state index is 12.6. The standard InChI is InChI=1S/C18H15F2N5O3/c1-24-6-5-15(23-24)25-9-13-11(17(25)26)3-4-12(22-13)10-7-14(28-18(19)20)16(27-2)21-8-10/h3-9,18,26H,1-2H3. The van der Waals surface area contributed by atoms with E-state index in [1.807, 2.05) is 0 Å². The van der Waals surface area contributed by atoms with Crippen molar-refractivity contribution in [3.8, 4) is 34.6 Å². The number of methoxy groups -OCH3 is 1. The van der Waals surface area contributed by atoms with Crippen molar-refractivity contribution in [1.82, 2.24) is 24.3 Å². The number of hydrogen-bond donors (Lipinski definition) is 1. The predicted molar refractivity (Wildman–Crippen MR) is 95.9 cm³/mol. The smallest absolute Gasteiger partial charge is 0.387 e. The Bertz CT molecular complexity index is 1160. The van der Waals surface area contributed by atoms with Crippen LogP contribution in [-0.4, -0.2) is 43.1 Å². The van der Waals surface area contributed by atoms with Crippen LogP contribution in [0.2, 0.25) is 0 Å². The van der Waals surface area contributed by atoms with Gasteiger partial charge in [0.2, 0.25) is 5.88 Å². The Balaban J connectivity index is 1.78. The molecule has 0 aliphatic rings. The van der Waals surface area contributed by atoms with Crippen LogP contribution < -0.4 is 9.47 Å². The van der Waals surface area contributed by atoms with Crippen LogP contribution in [0, 0.1) is 0 Å². The highest BCUT2D eigenvalue weighted by Gasteiger charge is 2.16. The highest BCUT2D eigenvalue weighted by molar-refractivity contribution is 5.87. The molecule has 0 saturated heterocycles. The van der Waals surface area contributed by atoms with Gasteiger partial charge in [-0.05, 0) is 18.2 Å². The van der Waals surface area contributed by atoms with Crippen molar-refractivity contribution in [2.45, 2.75) is 6.61 Å². The Hall–Kier alpha value is -3.69. The number of hydrogen-bond acceptors (Lipinski definition) is 6. The molecule has 0 bridgehead atoms. The zero-order valence-corrected chi connectivity index (χ0v) is 14.9. The summed E-state index contributed by atoms with van der Waals surface area (Å²) in [6.07, 6.45) is 4.84. The van der Waals surface area contributed by atoms with Gasteiger partial charge >= 0.3 is 6.61 Å². The second-order valence-corrected chi connectivity index (χ2v) is 5.91. The van der Waals surface area contributed by atoms with Crippen molar-refractivity contribution in [3.05, 3.63) is 42.9 Å². The van der Waals surface area contributed by atoms with Crippen molar-refractivity contribution in [1.29, 1.82) is 0 Å². The first kappa shape index (κ1) is 17.7. The molecule has 8 nitrogen and oxygen atoms in total. The van der Waals surface area contributed by atoms with Crippen LogP contribution in [0.15, 0.2) is 42.9 Å². The highest BCUT2D eigenvalue weighted by atomic mass is 19.3. The first-order valence-electron chi connectivity index (χ1n) is 8.16. The third-order valence-electron chi connectivity index (χ3n) is 4.11. The summed E-state index contributed by atoms with van der Waals surface area (Å²) in [4.78, 5) is 8.49. The third-order valence-corrected chi connectivity index (χ3v) is 4.11. The summed E-state index contributed by atoms with van der Waals surface area (Å²) in [5, 5.41) is 15.3. The lowest BCUT2D eigenvalue weighted by Gasteiger charge is -2.10. The number of alkyl halides is 2. The maximum absolute atomic E-state index is 12.6. The molecule has 4 rings (SSSR count). The molecule has 0 atom stereocenters. The summed E-state index contributed by atoms with van der Waals surface area (Å²) >= 11 is 0. The molecule has 0 spiro atoms. The molecule has 10 heteroatoms. The zero-order valence-electron chi connectivity index (χ0n) is 14.9. The number of aromatic nitrogens is 5. The van der Waals surface area contributed by atoms with E-state index in [2.05, 4.69) is 19.8 Å². The lowest BCUT2D eigenvalue weighted by molar-refractivity contribution is -0.0515. The Labute approximate surface area is 157 Å². The Kier molecular flexibility index (Phi) is 4.30. The van der Waals surface area contributed by atoms with Crippen LogP contribution in [0.5, 0.6) is 17.5 Å². The van der Waals surface area contributed by atoms with E-state index in [4.69, 9.17) is 4.74 Å². The van der Waals surface area contributed by atoms with Gasteiger partial charge in [-0.2, -0.15) is 13.9 Å². The largest absolute Gasteiger partial charge is 0.494 e. The van der Waals surface area contributed by atoms with Gasteiger partial charge in [0, 0.05) is 37.3 Å². The molecule has 0 unspecified atom stereocenters. The molecule has 0 fully saturated rings. The number of rotatable bonds is 5. The van der Waals surface area contributed by atoms with E-state index in [9.17, 15) is 13.9 Å². The van der Waals surface area contributed by atoms with E-state index in [0.717, 1.165) is 0 Å². The lowest BCUT2D eigenvalue weighted by atomic mass is 10.1. The van der Waals surface area contributed by atoms with Gasteiger partial charge in [0.15, 0.2) is 11.6 Å². The summed E-state index contributed by atoms with van der Waals surface area (Å²) < 4.78 is 37.8. The second-order valence-electron chi connectivity index (χ2n) is 5.91. The van der Waals surface area contributed by atoms with E-state index in [-0.39, 0.29) is 17.5 Å². The van der Waals surface area contributed by atoms with Gasteiger partial charge in [0.05, 0.1) is 23.7 Å². The molecular formula is C18H15F2N5O3. The van der Waals surface area contributed by atoms with Gasteiger partial charge in [0.1, 0.15) is 0 Å². The quantitative estimate of drug-likeness (QED) is 0.566. The second kappa shape index (κ2) is 6.80. The van der Waals surface area contributed by atoms with E-state index >= 15 is 0 Å². The molecule has 4 aromatic heterocycles. The minimum absolute atomic E-state index is 0.00216. The van der Waals surface area contributed by atoms with Gasteiger partial charge in [-0.1, -0.05) is 0 Å². The molecule has 0 radical (unpaired) electrons. The van der Waals surface area contributed by atoms with Crippen LogP contribution >= 0.6 is 0 Å². The minimum Gasteiger partial charge on any atom is -0.494 e. The first-order chi connectivity index (χ1) is 13.5. The van der Waals surface area contributed by atoms with E-state index in [0.29, 0.717) is 28.0 Å². The molecule has 4 heterocycles. The third kappa shape index (κ3) is 3.08. The summed E-state index contributed by atoms with van der Waals surface area (Å²) in [7, 11) is 3.09. The SMILES string of the molecule is COc1ncc(-c2ccc3c(O)n(-c4ccn(C)n4)cc3n2)cc1OC(F)F. The molecule has 28 heavy (non-hydrogen) atoms. The van der Waals surface area contributed by atoms with Gasteiger partial charge in [-0.25, -0.2) is 9.97 Å². The van der Waals surface area contributed by atoms with E-state index in [1.165, 1.54) is 23.9 Å². The van der Waals surface area contributed by atoms with Crippen LogP contribution in [0.25, 0.3) is 28.0 Å². The van der Waals surface area contributed by atoms with Crippen LogP contribution in [0.3, 0.4) is 0 Å². The van der Waals surface area contributed by atoms with Gasteiger partial charge in [-0.15, -0.1) is 0 Å². The molecule has 0 aliphatic carbocycles. The number of nitrogens with zero attached hydrogens (tertiary/aromatic N) is 5. The summed E-state index contributed by atoms with van der Waals surface area (Å²) in [5.74, 6) is 0.301. The Morgan fingerprint density at radius 3 is 2.71 bits per heavy atom. The molecule has 0 aliphatic heterocycles. The Morgan fingerprint density at radius 1 is 1.21 bits per heavy atom. The topological polar surface area (TPSA) is 87.2 Å². The molecule has 1 N–H and O–H groups in total. The van der Waals surface area contributed by atoms with Crippen LogP contribution in [0.4, 0.5) is 8.78 Å². The first-order valence-corrected chi connectivity index (χ1v) is 8.16. The fourth-order valence-corrected chi connectivity index (χ4v) is 2.85. The van der Waals surface area contributed by atoms with Crippen LogP contribution in [0.1, 0.15) is 0 Å². The summed E-state index contributed by atoms with van der Waals surface area (Å²) in [5.41, 5.74) is 1.44. The van der Waals surface area contributed by atoms with Crippen molar-refractivity contribution >= 4 is 10.9 Å². The highest BCUT2D eigenvalue weighted by Crippen LogP contribution is 2.33. The number of halogens is 2. The molecule has 0 saturated carbocycles. The van der Waals surface area contributed by atoms with Crippen molar-refractivity contribution in [3.63, 3.8) is 0 Å². The average Bonchev–Trinajstić information content (AvgIpc) is 3.24.